The van der Waals surface area contributed by atoms with Crippen molar-refractivity contribution in [3.8, 4) is 0 Å². The topological polar surface area (TPSA) is 43.8 Å². The van der Waals surface area contributed by atoms with E-state index in [-0.39, 0.29) is 0 Å². The molecule has 1 aromatic carbocycles. The lowest BCUT2D eigenvalue weighted by molar-refractivity contribution is 0.810. The molecule has 1 heterocycles. The van der Waals surface area contributed by atoms with Crippen LogP contribution in [0, 0.1) is 6.92 Å². The van der Waals surface area contributed by atoms with E-state index in [1.165, 1.54) is 0 Å². The first-order valence-corrected chi connectivity index (χ1v) is 5.06. The Labute approximate surface area is 93.5 Å². The maximum Gasteiger partial charge on any atom is 0.200 e. The van der Waals surface area contributed by atoms with Gasteiger partial charge in [-0.05, 0) is 24.1 Å². The minimum atomic E-state index is 0.520. The Morgan fingerprint density at radius 2 is 2.27 bits per heavy atom. The Morgan fingerprint density at radius 1 is 1.47 bits per heavy atom. The number of hydrogen-bond acceptors (Lipinski definition) is 2. The van der Waals surface area contributed by atoms with Crippen molar-refractivity contribution in [1.29, 1.82) is 0 Å². The zero-order chi connectivity index (χ0) is 10.8. The van der Waals surface area contributed by atoms with Gasteiger partial charge in [0.15, 0.2) is 5.95 Å². The van der Waals surface area contributed by atoms with E-state index in [4.69, 9.17) is 17.3 Å². The van der Waals surface area contributed by atoms with Gasteiger partial charge in [-0.2, -0.15) is 0 Å². The molecule has 0 amide bonds. The van der Waals surface area contributed by atoms with Gasteiger partial charge in [0.1, 0.15) is 0 Å². The summed E-state index contributed by atoms with van der Waals surface area (Å²) in [5.74, 6) is 0.520. The molecule has 0 aliphatic heterocycles. The number of aromatic nitrogens is 2. The summed E-state index contributed by atoms with van der Waals surface area (Å²) in [5, 5.41) is 0.784. The van der Waals surface area contributed by atoms with Gasteiger partial charge in [-0.3, -0.25) is 0 Å². The quantitative estimate of drug-likeness (QED) is 0.847. The molecule has 0 unspecified atom stereocenters. The van der Waals surface area contributed by atoms with Gasteiger partial charge in [-0.25, -0.2) is 4.98 Å². The van der Waals surface area contributed by atoms with E-state index in [0.29, 0.717) is 12.5 Å². The Kier molecular flexibility index (Phi) is 2.64. The second-order valence-electron chi connectivity index (χ2n) is 3.50. The van der Waals surface area contributed by atoms with E-state index >= 15 is 0 Å². The highest BCUT2D eigenvalue weighted by Crippen LogP contribution is 2.17. The molecule has 78 valence electrons. The lowest BCUT2D eigenvalue weighted by atomic mass is 10.1. The van der Waals surface area contributed by atoms with Crippen LogP contribution in [0.25, 0.3) is 0 Å². The summed E-state index contributed by atoms with van der Waals surface area (Å²) in [6.07, 6.45) is 3.54. The number of hydrogen-bond donors (Lipinski definition) is 1. The van der Waals surface area contributed by atoms with Crippen molar-refractivity contribution in [3.63, 3.8) is 0 Å². The Hall–Kier alpha value is -1.48. The van der Waals surface area contributed by atoms with Crippen LogP contribution in [-0.4, -0.2) is 9.55 Å². The Balaban J connectivity index is 2.25. The number of benzene rings is 1. The average Bonchev–Trinajstić information content (AvgIpc) is 2.59. The molecule has 1 aromatic heterocycles. The first kappa shape index (κ1) is 10.1. The van der Waals surface area contributed by atoms with E-state index in [2.05, 4.69) is 4.98 Å². The number of nitrogens with two attached hydrogens (primary N) is 1. The van der Waals surface area contributed by atoms with Crippen LogP contribution in [0.4, 0.5) is 5.95 Å². The largest absolute Gasteiger partial charge is 0.369 e. The molecule has 3 nitrogen and oxygen atoms in total. The number of nitrogens with zero attached hydrogens (tertiary/aromatic N) is 2. The minimum Gasteiger partial charge on any atom is -0.369 e. The Morgan fingerprint density at radius 3 is 2.87 bits per heavy atom. The van der Waals surface area contributed by atoms with Crippen molar-refractivity contribution in [2.24, 2.45) is 0 Å². The summed E-state index contributed by atoms with van der Waals surface area (Å²) in [7, 11) is 0. The smallest absolute Gasteiger partial charge is 0.200 e. The van der Waals surface area contributed by atoms with E-state index in [1.807, 2.05) is 35.9 Å². The normalized spacial score (nSPS) is 10.5. The number of rotatable bonds is 2. The highest BCUT2D eigenvalue weighted by Gasteiger charge is 2.01. The first-order valence-electron chi connectivity index (χ1n) is 4.68. The highest BCUT2D eigenvalue weighted by atomic mass is 35.5. The number of aryl methyl sites for hydroxylation is 1. The molecule has 0 fully saturated rings. The zero-order valence-corrected chi connectivity index (χ0v) is 9.20. The fourth-order valence-electron chi connectivity index (χ4n) is 1.41. The molecule has 4 heteroatoms. The van der Waals surface area contributed by atoms with Crippen LogP contribution >= 0.6 is 11.6 Å². The van der Waals surface area contributed by atoms with Gasteiger partial charge in [0, 0.05) is 17.4 Å². The van der Waals surface area contributed by atoms with Crippen LogP contribution < -0.4 is 5.73 Å². The maximum atomic E-state index is 6.04. The van der Waals surface area contributed by atoms with E-state index < -0.39 is 0 Å². The fourth-order valence-corrected chi connectivity index (χ4v) is 1.61. The molecule has 0 aliphatic carbocycles. The molecule has 2 N–H and O–H groups in total. The molecule has 0 saturated carbocycles. The van der Waals surface area contributed by atoms with E-state index in [9.17, 15) is 0 Å². The third-order valence-electron chi connectivity index (χ3n) is 2.34. The number of nitrogen functional groups attached to an aromatic ring is 1. The van der Waals surface area contributed by atoms with Crippen molar-refractivity contribution < 1.29 is 0 Å². The molecule has 0 aliphatic rings. The molecule has 0 spiro atoms. The van der Waals surface area contributed by atoms with Gasteiger partial charge in [0.05, 0.1) is 6.54 Å². The van der Waals surface area contributed by atoms with E-state index in [1.54, 1.807) is 6.20 Å². The van der Waals surface area contributed by atoms with Crippen molar-refractivity contribution in [3.05, 3.63) is 46.7 Å². The molecular weight excluding hydrogens is 210 g/mol. The second kappa shape index (κ2) is 3.95. The molecular formula is C11H12ClN3. The van der Waals surface area contributed by atoms with E-state index in [0.717, 1.165) is 16.1 Å². The van der Waals surface area contributed by atoms with Crippen molar-refractivity contribution >= 4 is 17.5 Å². The van der Waals surface area contributed by atoms with Gasteiger partial charge in [0.25, 0.3) is 0 Å². The first-order chi connectivity index (χ1) is 7.16. The predicted octanol–water partition coefficient (Wildman–Crippen LogP) is 2.48. The fraction of sp³-hybridized carbons (Fsp3) is 0.182. The molecule has 2 aromatic rings. The van der Waals surface area contributed by atoms with Crippen LogP contribution in [0.5, 0.6) is 0 Å². The third-order valence-corrected chi connectivity index (χ3v) is 2.74. The summed E-state index contributed by atoms with van der Waals surface area (Å²) >= 11 is 6.04. The van der Waals surface area contributed by atoms with Crippen LogP contribution in [0.15, 0.2) is 30.6 Å². The van der Waals surface area contributed by atoms with Crippen molar-refractivity contribution in [2.45, 2.75) is 13.5 Å². The molecule has 0 saturated heterocycles. The predicted molar refractivity (Wildman–Crippen MR) is 61.9 cm³/mol. The standard InChI is InChI=1S/C11H12ClN3/c1-8-2-3-9(6-10(8)12)7-15-5-4-14-11(15)13/h2-6H,7H2,1H3,(H2,13,14). The molecule has 2 rings (SSSR count). The average molecular weight is 222 g/mol. The third kappa shape index (κ3) is 2.13. The lowest BCUT2D eigenvalue weighted by Crippen LogP contribution is -2.03. The minimum absolute atomic E-state index is 0.520. The molecule has 15 heavy (non-hydrogen) atoms. The van der Waals surface area contributed by atoms with Crippen molar-refractivity contribution in [2.75, 3.05) is 5.73 Å². The number of halogens is 1. The lowest BCUT2D eigenvalue weighted by Gasteiger charge is -2.06. The van der Waals surface area contributed by atoms with Gasteiger partial charge < -0.3 is 10.3 Å². The Bertz CT molecular complexity index is 476. The van der Waals surface area contributed by atoms with Gasteiger partial charge in [-0.1, -0.05) is 23.7 Å². The SMILES string of the molecule is Cc1ccc(Cn2ccnc2N)cc1Cl. The van der Waals surface area contributed by atoms with Crippen LogP contribution in [-0.2, 0) is 6.54 Å². The van der Waals surface area contributed by atoms with Crippen LogP contribution in [0.3, 0.4) is 0 Å². The monoisotopic (exact) mass is 221 g/mol. The number of anilines is 1. The van der Waals surface area contributed by atoms with Gasteiger partial charge in [-0.15, -0.1) is 0 Å². The summed E-state index contributed by atoms with van der Waals surface area (Å²) < 4.78 is 1.88. The van der Waals surface area contributed by atoms with Gasteiger partial charge >= 0.3 is 0 Å². The maximum absolute atomic E-state index is 6.04. The summed E-state index contributed by atoms with van der Waals surface area (Å²) in [4.78, 5) is 3.96. The number of imidazole rings is 1. The van der Waals surface area contributed by atoms with Crippen LogP contribution in [0.2, 0.25) is 5.02 Å². The summed E-state index contributed by atoms with van der Waals surface area (Å²) in [6, 6.07) is 6.00. The summed E-state index contributed by atoms with van der Waals surface area (Å²) in [6.45, 7) is 2.68. The van der Waals surface area contributed by atoms with Gasteiger partial charge in [0.2, 0.25) is 0 Å². The summed E-state index contributed by atoms with van der Waals surface area (Å²) in [5.41, 5.74) is 7.88. The zero-order valence-electron chi connectivity index (χ0n) is 8.44. The molecule has 0 bridgehead atoms. The molecule has 0 atom stereocenters. The highest BCUT2D eigenvalue weighted by molar-refractivity contribution is 6.31. The van der Waals surface area contributed by atoms with Crippen molar-refractivity contribution in [1.82, 2.24) is 9.55 Å². The second-order valence-corrected chi connectivity index (χ2v) is 3.90. The van der Waals surface area contributed by atoms with Crippen LogP contribution in [0.1, 0.15) is 11.1 Å². The molecule has 0 radical (unpaired) electrons.